The molecule has 0 bridgehead atoms. The van der Waals surface area contributed by atoms with E-state index >= 15 is 0 Å². The van der Waals surface area contributed by atoms with Crippen LogP contribution in [0.25, 0.3) is 0 Å². The highest BCUT2D eigenvalue weighted by atomic mass is 79.9. The highest BCUT2D eigenvalue weighted by Gasteiger charge is 2.34. The lowest BCUT2D eigenvalue weighted by molar-refractivity contribution is -0.124. The first kappa shape index (κ1) is 15.2. The number of carbonyl (C=O) groups is 1. The Morgan fingerprint density at radius 1 is 1.14 bits per heavy atom. The van der Waals surface area contributed by atoms with E-state index in [9.17, 15) is 9.18 Å². The summed E-state index contributed by atoms with van der Waals surface area (Å²) in [5, 5.41) is 0. The molecule has 0 saturated heterocycles. The van der Waals surface area contributed by atoms with E-state index in [1.165, 1.54) is 38.2 Å². The Hall–Kier alpha value is -0.700. The predicted octanol–water partition coefficient (Wildman–Crippen LogP) is 5.31. The van der Waals surface area contributed by atoms with Gasteiger partial charge in [-0.25, -0.2) is 4.39 Å². The van der Waals surface area contributed by atoms with Crippen molar-refractivity contribution >= 4 is 21.7 Å². The summed E-state index contributed by atoms with van der Waals surface area (Å²) in [6.07, 6.45) is 8.84. The zero-order valence-electron chi connectivity index (χ0n) is 12.3. The van der Waals surface area contributed by atoms with Gasteiger partial charge < -0.3 is 0 Å². The second kappa shape index (κ2) is 6.60. The molecule has 3 heteroatoms. The van der Waals surface area contributed by atoms with Crippen molar-refractivity contribution < 1.29 is 9.18 Å². The van der Waals surface area contributed by atoms with Crippen LogP contribution in [-0.4, -0.2) is 5.78 Å². The lowest BCUT2D eigenvalue weighted by atomic mass is 9.66. The Labute approximate surface area is 134 Å². The van der Waals surface area contributed by atoms with Crippen LogP contribution in [0.3, 0.4) is 0 Å². The highest BCUT2D eigenvalue weighted by Crippen LogP contribution is 2.43. The van der Waals surface area contributed by atoms with Crippen molar-refractivity contribution in [2.75, 3.05) is 0 Å². The minimum absolute atomic E-state index is 0.160. The number of Topliss-reactive ketones (excluding diaryl/α,β-unsaturated/α-hetero) is 1. The van der Waals surface area contributed by atoms with Crippen LogP contribution in [0.5, 0.6) is 0 Å². The molecule has 0 aromatic heterocycles. The molecule has 3 rings (SSSR count). The molecule has 0 amide bonds. The molecule has 114 valence electrons. The van der Waals surface area contributed by atoms with Crippen molar-refractivity contribution in [1.29, 1.82) is 0 Å². The molecule has 0 radical (unpaired) electrons. The lowest BCUT2D eigenvalue weighted by Crippen LogP contribution is -2.32. The predicted molar refractivity (Wildman–Crippen MR) is 85.6 cm³/mol. The molecule has 2 aliphatic carbocycles. The second-order valence-corrected chi connectivity index (χ2v) is 7.61. The third-order valence-corrected chi connectivity index (χ3v) is 5.87. The number of benzene rings is 1. The van der Waals surface area contributed by atoms with E-state index in [2.05, 4.69) is 15.9 Å². The normalized spacial score (nSPS) is 29.0. The Morgan fingerprint density at radius 3 is 2.67 bits per heavy atom. The third kappa shape index (κ3) is 3.56. The number of fused-ring (bicyclic) bond motifs is 1. The second-order valence-electron chi connectivity index (χ2n) is 6.69. The van der Waals surface area contributed by atoms with Crippen LogP contribution in [-0.2, 0) is 11.2 Å². The lowest BCUT2D eigenvalue weighted by Gasteiger charge is -2.38. The summed E-state index contributed by atoms with van der Waals surface area (Å²) in [5.74, 6) is 1.72. The summed E-state index contributed by atoms with van der Waals surface area (Å²) in [6.45, 7) is 0. The highest BCUT2D eigenvalue weighted by molar-refractivity contribution is 9.10. The fraction of sp³-hybridized carbons (Fsp3) is 0.611. The number of hydrogen-bond donors (Lipinski definition) is 0. The van der Waals surface area contributed by atoms with E-state index in [4.69, 9.17) is 0 Å². The zero-order valence-corrected chi connectivity index (χ0v) is 13.9. The summed E-state index contributed by atoms with van der Waals surface area (Å²) in [6, 6.07) is 4.98. The van der Waals surface area contributed by atoms with Crippen LogP contribution in [0.15, 0.2) is 22.7 Å². The van der Waals surface area contributed by atoms with Crippen molar-refractivity contribution in [2.24, 2.45) is 17.8 Å². The average molecular weight is 353 g/mol. The summed E-state index contributed by atoms with van der Waals surface area (Å²) in [4.78, 5) is 12.5. The average Bonchev–Trinajstić information content (AvgIpc) is 2.49. The summed E-state index contributed by atoms with van der Waals surface area (Å²) >= 11 is 3.25. The fourth-order valence-electron chi connectivity index (χ4n) is 4.16. The van der Waals surface area contributed by atoms with Crippen LogP contribution in [0.1, 0.15) is 50.5 Å². The van der Waals surface area contributed by atoms with Crippen molar-refractivity contribution in [3.8, 4) is 0 Å². The summed E-state index contributed by atoms with van der Waals surface area (Å²) in [7, 11) is 0. The van der Waals surface area contributed by atoms with Gasteiger partial charge in [0.15, 0.2) is 0 Å². The molecule has 21 heavy (non-hydrogen) atoms. The van der Waals surface area contributed by atoms with Gasteiger partial charge in [-0.2, -0.15) is 0 Å². The minimum Gasteiger partial charge on any atom is -0.299 e. The molecule has 2 fully saturated rings. The van der Waals surface area contributed by atoms with Crippen molar-refractivity contribution in [2.45, 2.75) is 51.4 Å². The smallest absolute Gasteiger partial charge is 0.140 e. The number of hydrogen-bond acceptors (Lipinski definition) is 1. The molecule has 1 aromatic rings. The van der Waals surface area contributed by atoms with Gasteiger partial charge in [0.1, 0.15) is 11.6 Å². The Kier molecular flexibility index (Phi) is 4.78. The van der Waals surface area contributed by atoms with Gasteiger partial charge in [-0.1, -0.05) is 47.7 Å². The van der Waals surface area contributed by atoms with E-state index in [1.807, 2.05) is 6.07 Å². The number of carbonyl (C=O) groups excluding carboxylic acids is 1. The van der Waals surface area contributed by atoms with Crippen LogP contribution in [0.2, 0.25) is 0 Å². The molecule has 1 aromatic carbocycles. The van der Waals surface area contributed by atoms with Gasteiger partial charge in [0.05, 0.1) is 0 Å². The SMILES string of the molecule is O=C(Cc1ccc(Br)cc1F)C1CCC2CCCCC2C1. The van der Waals surface area contributed by atoms with Crippen molar-refractivity contribution in [3.63, 3.8) is 0 Å². The van der Waals surface area contributed by atoms with E-state index in [1.54, 1.807) is 6.07 Å². The molecule has 3 atom stereocenters. The first-order chi connectivity index (χ1) is 10.1. The summed E-state index contributed by atoms with van der Waals surface area (Å²) < 4.78 is 14.6. The Bertz CT molecular complexity index is 528. The quantitative estimate of drug-likeness (QED) is 0.720. The van der Waals surface area contributed by atoms with Crippen molar-refractivity contribution in [1.82, 2.24) is 0 Å². The summed E-state index contributed by atoms with van der Waals surface area (Å²) in [5.41, 5.74) is 0.536. The van der Waals surface area contributed by atoms with E-state index < -0.39 is 0 Å². The third-order valence-electron chi connectivity index (χ3n) is 5.37. The maximum absolute atomic E-state index is 13.9. The van der Waals surface area contributed by atoms with Gasteiger partial charge in [0.25, 0.3) is 0 Å². The molecule has 3 unspecified atom stereocenters. The van der Waals surface area contributed by atoms with Gasteiger partial charge in [-0.15, -0.1) is 0 Å². The molecule has 1 nitrogen and oxygen atoms in total. The van der Waals surface area contributed by atoms with Crippen LogP contribution >= 0.6 is 15.9 Å². The number of halogens is 2. The van der Waals surface area contributed by atoms with E-state index in [0.717, 1.165) is 29.2 Å². The minimum atomic E-state index is -0.274. The molecular weight excluding hydrogens is 331 g/mol. The molecular formula is C18H22BrFO. The standard InChI is InChI=1S/C18H22BrFO/c19-16-8-7-14(17(20)11-16)10-18(21)15-6-5-12-3-1-2-4-13(12)9-15/h7-8,11-13,15H,1-6,9-10H2. The largest absolute Gasteiger partial charge is 0.299 e. The monoisotopic (exact) mass is 352 g/mol. The molecule has 0 N–H and O–H groups in total. The van der Waals surface area contributed by atoms with Crippen molar-refractivity contribution in [3.05, 3.63) is 34.1 Å². The van der Waals surface area contributed by atoms with Gasteiger partial charge in [0, 0.05) is 16.8 Å². The van der Waals surface area contributed by atoms with Gasteiger partial charge in [-0.05, 0) is 48.8 Å². The molecule has 0 aliphatic heterocycles. The molecule has 2 aliphatic rings. The van der Waals surface area contributed by atoms with E-state index in [0.29, 0.717) is 5.56 Å². The van der Waals surface area contributed by atoms with Gasteiger partial charge in [0.2, 0.25) is 0 Å². The van der Waals surface area contributed by atoms with Gasteiger partial charge >= 0.3 is 0 Å². The fourth-order valence-corrected chi connectivity index (χ4v) is 4.50. The first-order valence-electron chi connectivity index (χ1n) is 8.10. The van der Waals surface area contributed by atoms with Gasteiger partial charge in [-0.3, -0.25) is 4.79 Å². The number of ketones is 1. The molecule has 0 heterocycles. The Balaban J connectivity index is 1.63. The first-order valence-corrected chi connectivity index (χ1v) is 8.89. The maximum atomic E-state index is 13.9. The Morgan fingerprint density at radius 2 is 1.90 bits per heavy atom. The molecule has 2 saturated carbocycles. The van der Waals surface area contributed by atoms with E-state index in [-0.39, 0.29) is 23.9 Å². The molecule has 0 spiro atoms. The topological polar surface area (TPSA) is 17.1 Å². The maximum Gasteiger partial charge on any atom is 0.140 e. The van der Waals surface area contributed by atoms with Crippen LogP contribution in [0, 0.1) is 23.6 Å². The number of rotatable bonds is 3. The van der Waals surface area contributed by atoms with Crippen LogP contribution in [0.4, 0.5) is 4.39 Å². The zero-order chi connectivity index (χ0) is 14.8. The van der Waals surface area contributed by atoms with Crippen LogP contribution < -0.4 is 0 Å².